The molecule has 1 aliphatic rings. The van der Waals surface area contributed by atoms with Crippen LogP contribution in [0.2, 0.25) is 0 Å². The summed E-state index contributed by atoms with van der Waals surface area (Å²) in [6.45, 7) is 3.28. The number of halogens is 1. The molecule has 2 aromatic carbocycles. The van der Waals surface area contributed by atoms with E-state index in [1.807, 2.05) is 31.0 Å². The summed E-state index contributed by atoms with van der Waals surface area (Å²) in [5.41, 5.74) is 2.45. The summed E-state index contributed by atoms with van der Waals surface area (Å²) in [7, 11) is -1.72. The maximum absolute atomic E-state index is 12.6. The molecule has 1 N–H and O–H groups in total. The summed E-state index contributed by atoms with van der Waals surface area (Å²) in [6.07, 6.45) is 0. The van der Waals surface area contributed by atoms with E-state index in [4.69, 9.17) is 4.74 Å². The smallest absolute Gasteiger partial charge is 0.262 e. The Bertz CT molecular complexity index is 852. The highest BCUT2D eigenvalue weighted by atomic mass is 79.9. The molecular formula is C16H17BrN2O3S. The molecule has 0 amide bonds. The van der Waals surface area contributed by atoms with Crippen LogP contribution in [-0.4, -0.2) is 28.6 Å². The van der Waals surface area contributed by atoms with Gasteiger partial charge in [-0.2, -0.15) is 0 Å². The standard InChI is InChI=1S/C16H17BrN2O3S/c1-11-3-5-14(13(17)9-11)18-23(20,21)12-4-6-15-16(10-12)22-8-7-19(15)2/h3-6,9-10,18H,7-8H2,1-2H3. The van der Waals surface area contributed by atoms with Crippen LogP contribution in [0, 0.1) is 6.92 Å². The highest BCUT2D eigenvalue weighted by molar-refractivity contribution is 9.10. The summed E-state index contributed by atoms with van der Waals surface area (Å²) in [4.78, 5) is 2.22. The second kappa shape index (κ2) is 6.05. The second-order valence-corrected chi connectivity index (χ2v) is 8.03. The Kier molecular flexibility index (Phi) is 4.25. The number of likely N-dealkylation sites (N-methyl/N-ethyl adjacent to an activating group) is 1. The Morgan fingerprint density at radius 3 is 2.74 bits per heavy atom. The lowest BCUT2D eigenvalue weighted by Gasteiger charge is -2.27. The topological polar surface area (TPSA) is 58.6 Å². The van der Waals surface area contributed by atoms with Crippen LogP contribution in [0.1, 0.15) is 5.56 Å². The quantitative estimate of drug-likeness (QED) is 0.863. The number of rotatable bonds is 3. The van der Waals surface area contributed by atoms with Crippen LogP contribution in [-0.2, 0) is 10.0 Å². The van der Waals surface area contributed by atoms with Gasteiger partial charge in [0.1, 0.15) is 12.4 Å². The molecule has 23 heavy (non-hydrogen) atoms. The van der Waals surface area contributed by atoms with Crippen molar-refractivity contribution in [1.29, 1.82) is 0 Å². The minimum atomic E-state index is -3.68. The molecule has 0 aliphatic carbocycles. The van der Waals surface area contributed by atoms with Gasteiger partial charge in [0, 0.05) is 17.6 Å². The zero-order valence-electron chi connectivity index (χ0n) is 12.8. The van der Waals surface area contributed by atoms with E-state index in [0.717, 1.165) is 17.8 Å². The van der Waals surface area contributed by atoms with Crippen LogP contribution in [0.25, 0.3) is 0 Å². The number of anilines is 2. The molecule has 0 aromatic heterocycles. The number of nitrogens with zero attached hydrogens (tertiary/aromatic N) is 1. The lowest BCUT2D eigenvalue weighted by molar-refractivity contribution is 0.310. The highest BCUT2D eigenvalue weighted by Crippen LogP contribution is 2.34. The van der Waals surface area contributed by atoms with E-state index in [-0.39, 0.29) is 4.90 Å². The molecular weight excluding hydrogens is 380 g/mol. The molecule has 0 fully saturated rings. The molecule has 1 heterocycles. The van der Waals surface area contributed by atoms with E-state index >= 15 is 0 Å². The molecule has 0 radical (unpaired) electrons. The van der Waals surface area contributed by atoms with Gasteiger partial charge in [0.15, 0.2) is 0 Å². The van der Waals surface area contributed by atoms with Crippen molar-refractivity contribution in [1.82, 2.24) is 0 Å². The van der Waals surface area contributed by atoms with Crippen molar-refractivity contribution in [3.05, 3.63) is 46.4 Å². The van der Waals surface area contributed by atoms with Gasteiger partial charge >= 0.3 is 0 Å². The predicted molar refractivity (Wildman–Crippen MR) is 94.9 cm³/mol. The fourth-order valence-corrected chi connectivity index (χ4v) is 4.23. The third kappa shape index (κ3) is 3.30. The highest BCUT2D eigenvalue weighted by Gasteiger charge is 2.21. The van der Waals surface area contributed by atoms with Gasteiger partial charge in [0.25, 0.3) is 10.0 Å². The van der Waals surface area contributed by atoms with Crippen molar-refractivity contribution < 1.29 is 13.2 Å². The Balaban J connectivity index is 1.93. The zero-order valence-corrected chi connectivity index (χ0v) is 15.2. The largest absolute Gasteiger partial charge is 0.490 e. The first kappa shape index (κ1) is 16.1. The Morgan fingerprint density at radius 1 is 1.22 bits per heavy atom. The third-order valence-corrected chi connectivity index (χ3v) is 5.73. The first-order valence-corrected chi connectivity index (χ1v) is 9.41. The maximum Gasteiger partial charge on any atom is 0.262 e. The van der Waals surface area contributed by atoms with Crippen LogP contribution in [0.15, 0.2) is 45.8 Å². The normalized spacial score (nSPS) is 14.1. The van der Waals surface area contributed by atoms with E-state index in [1.54, 1.807) is 24.3 Å². The van der Waals surface area contributed by atoms with E-state index in [9.17, 15) is 8.42 Å². The number of ether oxygens (including phenoxy) is 1. The van der Waals surface area contributed by atoms with Gasteiger partial charge < -0.3 is 9.64 Å². The molecule has 0 saturated heterocycles. The summed E-state index contributed by atoms with van der Waals surface area (Å²) in [5.74, 6) is 0.588. The molecule has 0 saturated carbocycles. The van der Waals surface area contributed by atoms with Gasteiger partial charge in [-0.25, -0.2) is 8.42 Å². The van der Waals surface area contributed by atoms with Gasteiger partial charge in [-0.1, -0.05) is 6.07 Å². The van der Waals surface area contributed by atoms with Crippen LogP contribution in [0.4, 0.5) is 11.4 Å². The number of hydrogen-bond acceptors (Lipinski definition) is 4. The SMILES string of the molecule is Cc1ccc(NS(=O)(=O)c2ccc3c(c2)OCCN3C)c(Br)c1. The minimum Gasteiger partial charge on any atom is -0.490 e. The Labute approximate surface area is 144 Å². The van der Waals surface area contributed by atoms with Crippen molar-refractivity contribution in [2.75, 3.05) is 29.8 Å². The molecule has 0 unspecified atom stereocenters. The second-order valence-electron chi connectivity index (χ2n) is 5.49. The fraction of sp³-hybridized carbons (Fsp3) is 0.250. The fourth-order valence-electron chi connectivity index (χ4n) is 2.41. The van der Waals surface area contributed by atoms with Gasteiger partial charge in [0.2, 0.25) is 0 Å². The number of fused-ring (bicyclic) bond motifs is 1. The average Bonchev–Trinajstić information content (AvgIpc) is 2.50. The van der Waals surface area contributed by atoms with Crippen molar-refractivity contribution in [3.8, 4) is 5.75 Å². The molecule has 0 bridgehead atoms. The number of sulfonamides is 1. The number of benzene rings is 2. The summed E-state index contributed by atoms with van der Waals surface area (Å²) in [5, 5.41) is 0. The van der Waals surface area contributed by atoms with Crippen molar-refractivity contribution >= 4 is 37.3 Å². The number of aryl methyl sites for hydroxylation is 1. The zero-order chi connectivity index (χ0) is 16.6. The number of nitrogens with one attached hydrogen (secondary N) is 1. The third-order valence-electron chi connectivity index (χ3n) is 3.71. The monoisotopic (exact) mass is 396 g/mol. The molecule has 2 aromatic rings. The molecule has 122 valence electrons. The first-order chi connectivity index (χ1) is 10.9. The molecule has 3 rings (SSSR count). The first-order valence-electron chi connectivity index (χ1n) is 7.14. The molecule has 7 heteroatoms. The van der Waals surface area contributed by atoms with Crippen LogP contribution in [0.3, 0.4) is 0 Å². The molecule has 0 atom stereocenters. The average molecular weight is 397 g/mol. The summed E-state index contributed by atoms with van der Waals surface area (Å²) < 4.78 is 34.1. The summed E-state index contributed by atoms with van der Waals surface area (Å²) in [6, 6.07) is 10.4. The van der Waals surface area contributed by atoms with Crippen LogP contribution >= 0.6 is 15.9 Å². The van der Waals surface area contributed by atoms with Gasteiger partial charge in [-0.3, -0.25) is 4.72 Å². The van der Waals surface area contributed by atoms with Crippen molar-refractivity contribution in [3.63, 3.8) is 0 Å². The molecule has 1 aliphatic heterocycles. The molecule has 0 spiro atoms. The van der Waals surface area contributed by atoms with Gasteiger partial charge in [-0.15, -0.1) is 0 Å². The lowest BCUT2D eigenvalue weighted by atomic mass is 10.2. The van der Waals surface area contributed by atoms with E-state index in [0.29, 0.717) is 22.5 Å². The van der Waals surface area contributed by atoms with Crippen LogP contribution < -0.4 is 14.4 Å². The van der Waals surface area contributed by atoms with E-state index in [2.05, 4.69) is 20.7 Å². The predicted octanol–water partition coefficient (Wildman–Crippen LogP) is 3.39. The van der Waals surface area contributed by atoms with Gasteiger partial charge in [0.05, 0.1) is 22.8 Å². The minimum absolute atomic E-state index is 0.180. The summed E-state index contributed by atoms with van der Waals surface area (Å²) >= 11 is 3.38. The van der Waals surface area contributed by atoms with E-state index < -0.39 is 10.0 Å². The van der Waals surface area contributed by atoms with E-state index in [1.165, 1.54) is 0 Å². The maximum atomic E-state index is 12.6. The van der Waals surface area contributed by atoms with Crippen molar-refractivity contribution in [2.45, 2.75) is 11.8 Å². The lowest BCUT2D eigenvalue weighted by Crippen LogP contribution is -2.29. The Hall–Kier alpha value is -1.73. The Morgan fingerprint density at radius 2 is 2.00 bits per heavy atom. The van der Waals surface area contributed by atoms with Gasteiger partial charge in [-0.05, 0) is 52.7 Å². The van der Waals surface area contributed by atoms with Crippen LogP contribution in [0.5, 0.6) is 5.75 Å². The number of hydrogen-bond donors (Lipinski definition) is 1. The molecule has 5 nitrogen and oxygen atoms in total. The van der Waals surface area contributed by atoms with Crippen molar-refractivity contribution in [2.24, 2.45) is 0 Å².